The van der Waals surface area contributed by atoms with Crippen LogP contribution >= 0.6 is 23.5 Å². The highest BCUT2D eigenvalue weighted by molar-refractivity contribution is 8.39. The highest BCUT2D eigenvalue weighted by Gasteiger charge is 2.10. The zero-order valence-electron chi connectivity index (χ0n) is 9.67. The molecule has 1 aliphatic heterocycles. The van der Waals surface area contributed by atoms with Gasteiger partial charge in [-0.05, 0) is 12.1 Å². The van der Waals surface area contributed by atoms with E-state index in [1.807, 2.05) is 24.3 Å². The van der Waals surface area contributed by atoms with E-state index in [2.05, 4.69) is 4.99 Å². The van der Waals surface area contributed by atoms with Crippen LogP contribution in [0, 0.1) is 0 Å². The van der Waals surface area contributed by atoms with E-state index in [1.165, 1.54) is 0 Å². The fraction of sp³-hybridized carbons (Fsp3) is 0.333. The summed E-state index contributed by atoms with van der Waals surface area (Å²) < 4.78 is 8.00. The molecule has 0 N–H and O–H groups in total. The zero-order chi connectivity index (χ0) is 12.4. The third-order valence-electron chi connectivity index (χ3n) is 2.67. The monoisotopic (exact) mass is 280 g/mol. The molecule has 0 atom stereocenters. The Labute approximate surface area is 112 Å². The minimum Gasteiger partial charge on any atom is -0.408 e. The van der Waals surface area contributed by atoms with Gasteiger partial charge in [0.15, 0.2) is 5.58 Å². The first-order chi connectivity index (χ1) is 8.84. The first kappa shape index (κ1) is 11.9. The lowest BCUT2D eigenvalue weighted by atomic mass is 10.3. The van der Waals surface area contributed by atoms with E-state index in [-0.39, 0.29) is 5.76 Å². The lowest BCUT2D eigenvalue weighted by molar-refractivity contribution is 0.514. The average Bonchev–Trinajstić information content (AvgIpc) is 2.98. The van der Waals surface area contributed by atoms with Crippen molar-refractivity contribution in [3.05, 3.63) is 34.8 Å². The molecule has 3 rings (SSSR count). The van der Waals surface area contributed by atoms with Gasteiger partial charge in [0.1, 0.15) is 4.38 Å². The molecule has 0 bridgehead atoms. The Kier molecular flexibility index (Phi) is 3.47. The summed E-state index contributed by atoms with van der Waals surface area (Å²) in [7, 11) is 0. The predicted molar refractivity (Wildman–Crippen MR) is 77.7 cm³/mol. The van der Waals surface area contributed by atoms with Gasteiger partial charge in [0.2, 0.25) is 0 Å². The van der Waals surface area contributed by atoms with E-state index in [1.54, 1.807) is 28.1 Å². The van der Waals surface area contributed by atoms with Gasteiger partial charge in [-0.25, -0.2) is 4.79 Å². The van der Waals surface area contributed by atoms with Crippen LogP contribution in [0.5, 0.6) is 0 Å². The number of nitrogens with zero attached hydrogens (tertiary/aromatic N) is 2. The Morgan fingerprint density at radius 1 is 1.44 bits per heavy atom. The smallest absolute Gasteiger partial charge is 0.408 e. The van der Waals surface area contributed by atoms with Crippen molar-refractivity contribution in [1.29, 1.82) is 0 Å². The molecule has 1 aliphatic rings. The number of hydrogen-bond acceptors (Lipinski definition) is 5. The van der Waals surface area contributed by atoms with Gasteiger partial charge in [0, 0.05) is 18.1 Å². The molecule has 6 heteroatoms. The van der Waals surface area contributed by atoms with Gasteiger partial charge in [-0.3, -0.25) is 9.56 Å². The summed E-state index contributed by atoms with van der Waals surface area (Å²) >= 11 is 3.50. The number of aliphatic imine (C=N–C) groups is 1. The van der Waals surface area contributed by atoms with E-state index >= 15 is 0 Å². The van der Waals surface area contributed by atoms with Gasteiger partial charge in [-0.1, -0.05) is 35.7 Å². The van der Waals surface area contributed by atoms with E-state index in [4.69, 9.17) is 4.42 Å². The Balaban J connectivity index is 1.74. The fourth-order valence-electron chi connectivity index (χ4n) is 1.85. The molecule has 1 aromatic carbocycles. The second-order valence-corrected chi connectivity index (χ2v) is 6.26. The number of rotatable bonds is 3. The summed E-state index contributed by atoms with van der Waals surface area (Å²) in [5, 5.41) is 0. The van der Waals surface area contributed by atoms with Crippen LogP contribution in [0.25, 0.3) is 11.1 Å². The van der Waals surface area contributed by atoms with Gasteiger partial charge in [0.05, 0.1) is 12.1 Å². The summed E-state index contributed by atoms with van der Waals surface area (Å²) in [6, 6.07) is 7.51. The minimum atomic E-state index is -0.280. The van der Waals surface area contributed by atoms with Crippen molar-refractivity contribution in [2.75, 3.05) is 18.1 Å². The van der Waals surface area contributed by atoms with E-state index in [9.17, 15) is 4.79 Å². The normalized spacial score (nSPS) is 15.2. The zero-order valence-corrected chi connectivity index (χ0v) is 11.3. The van der Waals surface area contributed by atoms with Gasteiger partial charge in [-0.2, -0.15) is 0 Å². The highest BCUT2D eigenvalue weighted by Crippen LogP contribution is 2.22. The van der Waals surface area contributed by atoms with Crippen molar-refractivity contribution in [3.8, 4) is 0 Å². The van der Waals surface area contributed by atoms with E-state index in [0.29, 0.717) is 12.1 Å². The molecule has 0 saturated heterocycles. The summed E-state index contributed by atoms with van der Waals surface area (Å²) in [6.45, 7) is 1.57. The molecule has 18 heavy (non-hydrogen) atoms. The molecule has 1 aromatic heterocycles. The lowest BCUT2D eigenvalue weighted by Gasteiger charge is -2.01. The molecular formula is C12H12N2O2S2. The lowest BCUT2D eigenvalue weighted by Crippen LogP contribution is -2.15. The van der Waals surface area contributed by atoms with Gasteiger partial charge < -0.3 is 4.42 Å². The maximum atomic E-state index is 11.7. The number of para-hydroxylation sites is 2. The standard InChI is InChI=1S/C12H12N2O2S2/c15-12-14(6-8-18-11-13-5-7-17-11)9-3-1-2-4-10(9)16-12/h1-4H,5-8H2. The number of thioether (sulfide) groups is 2. The van der Waals surface area contributed by atoms with Crippen molar-refractivity contribution in [1.82, 2.24) is 4.57 Å². The molecular weight excluding hydrogens is 268 g/mol. The molecule has 2 aromatic rings. The van der Waals surface area contributed by atoms with Crippen LogP contribution in [-0.2, 0) is 6.54 Å². The van der Waals surface area contributed by atoms with Crippen molar-refractivity contribution in [2.45, 2.75) is 6.54 Å². The Morgan fingerprint density at radius 3 is 3.17 bits per heavy atom. The van der Waals surface area contributed by atoms with Crippen LogP contribution in [0.1, 0.15) is 0 Å². The second kappa shape index (κ2) is 5.24. The maximum absolute atomic E-state index is 11.7. The van der Waals surface area contributed by atoms with Crippen molar-refractivity contribution < 1.29 is 4.42 Å². The van der Waals surface area contributed by atoms with Crippen molar-refractivity contribution in [3.63, 3.8) is 0 Å². The van der Waals surface area contributed by atoms with Crippen LogP contribution in [0.3, 0.4) is 0 Å². The summed E-state index contributed by atoms with van der Waals surface area (Å²) in [6.07, 6.45) is 0. The van der Waals surface area contributed by atoms with Crippen molar-refractivity contribution >= 4 is 39.0 Å². The molecule has 2 heterocycles. The molecule has 0 fully saturated rings. The molecule has 0 saturated carbocycles. The van der Waals surface area contributed by atoms with Crippen LogP contribution < -0.4 is 5.76 Å². The third-order valence-corrected chi connectivity index (χ3v) is 4.90. The van der Waals surface area contributed by atoms with Crippen LogP contribution in [-0.4, -0.2) is 27.0 Å². The van der Waals surface area contributed by atoms with E-state index < -0.39 is 0 Å². The SMILES string of the molecule is O=c1oc2ccccc2n1CCSC1=NCCS1. The van der Waals surface area contributed by atoms with Gasteiger partial charge >= 0.3 is 5.76 Å². The summed E-state index contributed by atoms with van der Waals surface area (Å²) in [5.74, 6) is 1.64. The summed E-state index contributed by atoms with van der Waals surface area (Å²) in [5.41, 5.74) is 1.52. The molecule has 0 amide bonds. The number of oxazole rings is 1. The first-order valence-corrected chi connectivity index (χ1v) is 7.70. The Hall–Kier alpha value is -1.14. The average molecular weight is 280 g/mol. The minimum absolute atomic E-state index is 0.280. The molecule has 4 nitrogen and oxygen atoms in total. The summed E-state index contributed by atoms with van der Waals surface area (Å²) in [4.78, 5) is 16.1. The highest BCUT2D eigenvalue weighted by atomic mass is 32.2. The second-order valence-electron chi connectivity index (χ2n) is 3.83. The fourth-order valence-corrected chi connectivity index (χ4v) is 3.86. The number of benzene rings is 1. The molecule has 0 spiro atoms. The van der Waals surface area contributed by atoms with Crippen LogP contribution in [0.4, 0.5) is 0 Å². The maximum Gasteiger partial charge on any atom is 0.419 e. The Morgan fingerprint density at radius 2 is 2.33 bits per heavy atom. The molecule has 94 valence electrons. The molecule has 0 radical (unpaired) electrons. The van der Waals surface area contributed by atoms with Gasteiger partial charge in [-0.15, -0.1) is 0 Å². The predicted octanol–water partition coefficient (Wildman–Crippen LogP) is 2.43. The number of aryl methyl sites for hydroxylation is 1. The number of aromatic nitrogens is 1. The van der Waals surface area contributed by atoms with Crippen LogP contribution in [0.2, 0.25) is 0 Å². The molecule has 0 aliphatic carbocycles. The molecule has 0 unspecified atom stereocenters. The van der Waals surface area contributed by atoms with Crippen LogP contribution in [0.15, 0.2) is 38.5 Å². The third kappa shape index (κ3) is 2.35. The largest absolute Gasteiger partial charge is 0.419 e. The van der Waals surface area contributed by atoms with Crippen molar-refractivity contribution in [2.24, 2.45) is 4.99 Å². The van der Waals surface area contributed by atoms with E-state index in [0.717, 1.165) is 27.9 Å². The quantitative estimate of drug-likeness (QED) is 0.866. The number of hydrogen-bond donors (Lipinski definition) is 0. The Bertz CT molecular complexity index is 645. The first-order valence-electron chi connectivity index (χ1n) is 5.73. The number of fused-ring (bicyclic) bond motifs is 1. The van der Waals surface area contributed by atoms with Gasteiger partial charge in [0.25, 0.3) is 0 Å². The topological polar surface area (TPSA) is 47.5 Å².